The molecule has 20 heavy (non-hydrogen) atoms. The predicted molar refractivity (Wildman–Crippen MR) is 75.0 cm³/mol. The Morgan fingerprint density at radius 3 is 2.40 bits per heavy atom. The van der Waals surface area contributed by atoms with E-state index >= 15 is 0 Å². The molecule has 1 aromatic carbocycles. The van der Waals surface area contributed by atoms with Crippen LogP contribution in [0.15, 0.2) is 24.3 Å². The largest absolute Gasteiger partial charge is 0.356 e. The summed E-state index contributed by atoms with van der Waals surface area (Å²) in [5.41, 5.74) is 0.545. The molecule has 0 unspecified atom stereocenters. The first-order valence-corrected chi connectivity index (χ1v) is 8.20. The molecule has 1 rings (SSSR count). The van der Waals surface area contributed by atoms with Crippen LogP contribution < -0.4 is 10.0 Å². The number of sulfonamides is 1. The average Bonchev–Trinajstić information content (AvgIpc) is 2.35. The Bertz CT molecular complexity index is 543. The van der Waals surface area contributed by atoms with Crippen molar-refractivity contribution in [2.75, 3.05) is 12.8 Å². The fraction of sp³-hybridized carbons (Fsp3) is 0.462. The summed E-state index contributed by atoms with van der Waals surface area (Å²) in [4.78, 5) is 11.7. The first-order valence-electron chi connectivity index (χ1n) is 6.31. The van der Waals surface area contributed by atoms with Crippen molar-refractivity contribution < 1.29 is 17.6 Å². The lowest BCUT2D eigenvalue weighted by Crippen LogP contribution is -2.33. The van der Waals surface area contributed by atoms with E-state index in [2.05, 4.69) is 10.0 Å². The van der Waals surface area contributed by atoms with Crippen molar-refractivity contribution in [3.05, 3.63) is 35.6 Å². The van der Waals surface area contributed by atoms with Gasteiger partial charge in [0.1, 0.15) is 5.82 Å². The van der Waals surface area contributed by atoms with Gasteiger partial charge in [-0.3, -0.25) is 4.79 Å². The van der Waals surface area contributed by atoms with E-state index in [1.165, 1.54) is 24.3 Å². The van der Waals surface area contributed by atoms with Crippen molar-refractivity contribution in [3.63, 3.8) is 0 Å². The van der Waals surface area contributed by atoms with Gasteiger partial charge < -0.3 is 5.32 Å². The van der Waals surface area contributed by atoms with E-state index in [0.29, 0.717) is 12.1 Å². The maximum absolute atomic E-state index is 12.9. The minimum absolute atomic E-state index is 0.0291. The van der Waals surface area contributed by atoms with E-state index in [4.69, 9.17) is 0 Å². The SMILES string of the molecule is CCCNC(=O)C[C@@H](NS(C)(=O)=O)c1ccc(F)cc1. The second kappa shape index (κ2) is 7.35. The quantitative estimate of drug-likeness (QED) is 0.798. The van der Waals surface area contributed by atoms with Crippen LogP contribution in [0.3, 0.4) is 0 Å². The highest BCUT2D eigenvalue weighted by atomic mass is 32.2. The van der Waals surface area contributed by atoms with Crippen LogP contribution in [0.4, 0.5) is 4.39 Å². The molecular formula is C13H19FN2O3S. The van der Waals surface area contributed by atoms with Crippen LogP contribution in [-0.2, 0) is 14.8 Å². The van der Waals surface area contributed by atoms with E-state index in [-0.39, 0.29) is 12.3 Å². The minimum atomic E-state index is -3.47. The van der Waals surface area contributed by atoms with Crippen LogP contribution in [0, 0.1) is 5.82 Å². The van der Waals surface area contributed by atoms with Crippen LogP contribution in [0.1, 0.15) is 31.4 Å². The second-order valence-electron chi connectivity index (χ2n) is 4.55. The van der Waals surface area contributed by atoms with Gasteiger partial charge in [-0.25, -0.2) is 17.5 Å². The van der Waals surface area contributed by atoms with Gasteiger partial charge in [-0.05, 0) is 24.1 Å². The van der Waals surface area contributed by atoms with Crippen LogP contribution in [0.25, 0.3) is 0 Å². The molecule has 0 bridgehead atoms. The van der Waals surface area contributed by atoms with E-state index in [1.807, 2.05) is 6.92 Å². The summed E-state index contributed by atoms with van der Waals surface area (Å²) in [5, 5.41) is 2.68. The zero-order chi connectivity index (χ0) is 15.2. The molecule has 0 aromatic heterocycles. The van der Waals surface area contributed by atoms with Crippen LogP contribution in [0.2, 0.25) is 0 Å². The summed E-state index contributed by atoms with van der Waals surface area (Å²) in [5.74, 6) is -0.667. The van der Waals surface area contributed by atoms with Gasteiger partial charge in [0.15, 0.2) is 0 Å². The molecule has 7 heteroatoms. The number of rotatable bonds is 7. The summed E-state index contributed by atoms with van der Waals surface area (Å²) in [6.07, 6.45) is 1.79. The Labute approximate surface area is 118 Å². The third kappa shape index (κ3) is 6.12. The molecule has 5 nitrogen and oxygen atoms in total. The zero-order valence-corrected chi connectivity index (χ0v) is 12.3. The van der Waals surface area contributed by atoms with Gasteiger partial charge in [-0.2, -0.15) is 0 Å². The summed E-state index contributed by atoms with van der Waals surface area (Å²) < 4.78 is 38.0. The van der Waals surface area contributed by atoms with Crippen molar-refractivity contribution in [2.45, 2.75) is 25.8 Å². The van der Waals surface area contributed by atoms with Crippen molar-refractivity contribution in [3.8, 4) is 0 Å². The van der Waals surface area contributed by atoms with Crippen LogP contribution in [0.5, 0.6) is 0 Å². The number of benzene rings is 1. The van der Waals surface area contributed by atoms with Gasteiger partial charge in [0.2, 0.25) is 15.9 Å². The topological polar surface area (TPSA) is 75.3 Å². The van der Waals surface area contributed by atoms with E-state index in [9.17, 15) is 17.6 Å². The number of amides is 1. The Morgan fingerprint density at radius 2 is 1.90 bits per heavy atom. The van der Waals surface area contributed by atoms with Crippen LogP contribution in [-0.4, -0.2) is 27.1 Å². The van der Waals surface area contributed by atoms with Crippen LogP contribution >= 0.6 is 0 Å². The Hall–Kier alpha value is -1.47. The molecule has 0 fully saturated rings. The fourth-order valence-corrected chi connectivity index (χ4v) is 2.44. The molecule has 1 amide bonds. The first kappa shape index (κ1) is 16.6. The standard InChI is InChI=1S/C13H19FN2O3S/c1-3-8-15-13(17)9-12(16-20(2,18)19)10-4-6-11(14)7-5-10/h4-7,12,16H,3,8-9H2,1-2H3,(H,15,17)/t12-/m1/s1. The smallest absolute Gasteiger partial charge is 0.221 e. The highest BCUT2D eigenvalue weighted by molar-refractivity contribution is 7.88. The van der Waals surface area contributed by atoms with Gasteiger partial charge in [-0.1, -0.05) is 19.1 Å². The molecule has 112 valence electrons. The molecule has 0 saturated heterocycles. The van der Waals surface area contributed by atoms with Crippen molar-refractivity contribution in [2.24, 2.45) is 0 Å². The van der Waals surface area contributed by atoms with E-state index < -0.39 is 21.9 Å². The molecule has 2 N–H and O–H groups in total. The van der Waals surface area contributed by atoms with Gasteiger partial charge in [0, 0.05) is 13.0 Å². The van der Waals surface area contributed by atoms with Gasteiger partial charge in [0.05, 0.1) is 12.3 Å². The van der Waals surface area contributed by atoms with E-state index in [1.54, 1.807) is 0 Å². The lowest BCUT2D eigenvalue weighted by molar-refractivity contribution is -0.121. The predicted octanol–water partition coefficient (Wildman–Crippen LogP) is 1.33. The lowest BCUT2D eigenvalue weighted by atomic mass is 10.0. The minimum Gasteiger partial charge on any atom is -0.356 e. The lowest BCUT2D eigenvalue weighted by Gasteiger charge is -2.17. The summed E-state index contributed by atoms with van der Waals surface area (Å²) in [6.45, 7) is 2.46. The van der Waals surface area contributed by atoms with Crippen molar-refractivity contribution in [1.82, 2.24) is 10.0 Å². The fourth-order valence-electron chi connectivity index (χ4n) is 1.70. The van der Waals surface area contributed by atoms with Gasteiger partial charge in [-0.15, -0.1) is 0 Å². The number of halogens is 1. The highest BCUT2D eigenvalue weighted by Crippen LogP contribution is 2.18. The Morgan fingerprint density at radius 1 is 1.30 bits per heavy atom. The molecule has 0 radical (unpaired) electrons. The normalized spacial score (nSPS) is 12.9. The molecule has 0 saturated carbocycles. The van der Waals surface area contributed by atoms with Crippen molar-refractivity contribution >= 4 is 15.9 Å². The van der Waals surface area contributed by atoms with E-state index in [0.717, 1.165) is 12.7 Å². The number of hydrogen-bond donors (Lipinski definition) is 2. The summed E-state index contributed by atoms with van der Waals surface area (Å²) in [6, 6.07) is 4.69. The number of carbonyl (C=O) groups is 1. The highest BCUT2D eigenvalue weighted by Gasteiger charge is 2.19. The molecule has 0 spiro atoms. The third-order valence-electron chi connectivity index (χ3n) is 2.59. The first-order chi connectivity index (χ1) is 9.31. The molecule has 0 aliphatic carbocycles. The zero-order valence-electron chi connectivity index (χ0n) is 11.5. The second-order valence-corrected chi connectivity index (χ2v) is 6.33. The third-order valence-corrected chi connectivity index (χ3v) is 3.30. The average molecular weight is 302 g/mol. The number of carbonyl (C=O) groups excluding carboxylic acids is 1. The molecular weight excluding hydrogens is 283 g/mol. The Kier molecular flexibility index (Phi) is 6.09. The Balaban J connectivity index is 2.85. The molecule has 1 aromatic rings. The number of nitrogens with one attached hydrogen (secondary N) is 2. The maximum Gasteiger partial charge on any atom is 0.221 e. The van der Waals surface area contributed by atoms with Gasteiger partial charge >= 0.3 is 0 Å². The monoisotopic (exact) mass is 302 g/mol. The van der Waals surface area contributed by atoms with Gasteiger partial charge in [0.25, 0.3) is 0 Å². The maximum atomic E-state index is 12.9. The summed E-state index contributed by atoms with van der Waals surface area (Å²) >= 11 is 0. The number of hydrogen-bond acceptors (Lipinski definition) is 3. The molecule has 0 aliphatic rings. The molecule has 0 heterocycles. The molecule has 1 atom stereocenters. The van der Waals surface area contributed by atoms with Crippen molar-refractivity contribution in [1.29, 1.82) is 0 Å². The molecule has 0 aliphatic heterocycles. The summed E-state index contributed by atoms with van der Waals surface area (Å²) in [7, 11) is -3.47.